The zero-order chi connectivity index (χ0) is 40.2. The Balaban J connectivity index is 1.16. The summed E-state index contributed by atoms with van der Waals surface area (Å²) in [5, 5.41) is 4.81. The molecule has 0 radical (unpaired) electrons. The van der Waals surface area contributed by atoms with Gasteiger partial charge in [-0.3, -0.25) is 4.57 Å². The predicted octanol–water partition coefficient (Wildman–Crippen LogP) is 14.9. The quantitative estimate of drug-likeness (QED) is 0.144. The minimum Gasteiger partial charge on any atom is -0.309 e. The lowest BCUT2D eigenvalue weighted by Crippen LogP contribution is -1.99. The van der Waals surface area contributed by atoms with Gasteiger partial charge in [-0.1, -0.05) is 158 Å². The van der Waals surface area contributed by atoms with Crippen LogP contribution in [0.4, 0.5) is 0 Å². The number of hydrogen-bond donors (Lipinski definition) is 0. The van der Waals surface area contributed by atoms with Crippen molar-refractivity contribution in [3.63, 3.8) is 0 Å². The lowest BCUT2D eigenvalue weighted by atomic mass is 9.94. The van der Waals surface area contributed by atoms with Crippen LogP contribution in [0.1, 0.15) is 11.4 Å². The van der Waals surface area contributed by atoms with Crippen LogP contribution in [0, 0.1) is 6.92 Å². The van der Waals surface area contributed by atoms with Gasteiger partial charge in [0.25, 0.3) is 0 Å². The second-order valence-electron chi connectivity index (χ2n) is 15.0. The average Bonchev–Trinajstić information content (AvgIpc) is 3.98. The molecule has 0 saturated carbocycles. The highest BCUT2D eigenvalue weighted by atomic mass is 32.1. The summed E-state index contributed by atoms with van der Waals surface area (Å²) in [5.74, 6) is 0.894. The maximum atomic E-state index is 5.42. The number of para-hydroxylation sites is 4. The molecule has 11 aromatic rings. The molecule has 0 aliphatic carbocycles. The summed E-state index contributed by atoms with van der Waals surface area (Å²) in [6.07, 6.45) is 5.86. The van der Waals surface area contributed by atoms with E-state index >= 15 is 0 Å². The van der Waals surface area contributed by atoms with E-state index in [-0.39, 0.29) is 0 Å². The second-order valence-corrected chi connectivity index (χ2v) is 16.0. The normalized spacial score (nSPS) is 11.8. The van der Waals surface area contributed by atoms with Gasteiger partial charge in [0, 0.05) is 59.2 Å². The average molecular weight is 787 g/mol. The van der Waals surface area contributed by atoms with Gasteiger partial charge in [-0.15, -0.1) is 11.3 Å². The largest absolute Gasteiger partial charge is 0.309 e. The van der Waals surface area contributed by atoms with Crippen LogP contribution >= 0.6 is 11.3 Å². The molecule has 0 amide bonds. The number of hydrogen-bond acceptors (Lipinski definition) is 3. The molecular weight excluding hydrogens is 749 g/mol. The first-order chi connectivity index (χ1) is 29.7. The number of pyridine rings is 1. The summed E-state index contributed by atoms with van der Waals surface area (Å²) in [7, 11) is 0. The molecule has 60 heavy (non-hydrogen) atoms. The number of thiophene rings is 1. The smallest absolute Gasteiger partial charge is 0.145 e. The molecule has 284 valence electrons. The van der Waals surface area contributed by atoms with Crippen molar-refractivity contribution in [3.05, 3.63) is 212 Å². The fraction of sp³-hybridized carbons (Fsp3) is 0.0182. The van der Waals surface area contributed by atoms with Crippen LogP contribution in [-0.2, 0) is 0 Å². The number of imidazole rings is 1. The third-order valence-electron chi connectivity index (χ3n) is 11.5. The minimum absolute atomic E-state index is 0.894. The molecule has 0 bridgehead atoms. The van der Waals surface area contributed by atoms with Gasteiger partial charge in [-0.25, -0.2) is 9.97 Å². The number of rotatable bonds is 8. The standard InChI is InChI=1S/C55H38N4S/c1-3-4-28-47-36(2)56-55(59(47)41-21-9-6-10-22-41)39-33-31-38(32-34-39)53-50(51-52(37-18-7-5-8-19-37)57-46-27-14-11-26-45(46)54(51)60-53)40-20-17-23-42(35-40)58-48-29-15-12-24-43(48)44-25-13-16-30-49(44)58/h3-35H,1H2,2H3/b28-4-. The molecule has 0 unspecified atom stereocenters. The maximum absolute atomic E-state index is 5.42. The van der Waals surface area contributed by atoms with Gasteiger partial charge in [-0.2, -0.15) is 0 Å². The predicted molar refractivity (Wildman–Crippen MR) is 254 cm³/mol. The van der Waals surface area contributed by atoms with Gasteiger partial charge in [0.05, 0.1) is 33.6 Å². The molecule has 0 spiro atoms. The highest BCUT2D eigenvalue weighted by Gasteiger charge is 2.24. The Morgan fingerprint density at radius 2 is 1.13 bits per heavy atom. The number of allylic oxidation sites excluding steroid dienone is 2. The maximum Gasteiger partial charge on any atom is 0.145 e. The van der Waals surface area contributed by atoms with Crippen molar-refractivity contribution in [2.45, 2.75) is 6.92 Å². The van der Waals surface area contributed by atoms with Crippen LogP contribution in [0.25, 0.3) is 104 Å². The van der Waals surface area contributed by atoms with Crippen molar-refractivity contribution >= 4 is 60.2 Å². The molecule has 4 aromatic heterocycles. The zero-order valence-electron chi connectivity index (χ0n) is 33.0. The number of nitrogens with zero attached hydrogens (tertiary/aromatic N) is 4. The fourth-order valence-corrected chi connectivity index (χ4v) is 10.1. The molecular formula is C55H38N4S. The SMILES string of the molecule is C=C/C=C\c1c(C)nc(-c2ccc(-c3sc4c(c(-c5ccccc5)nc5ccccc54)c3-c3cccc(-n4c5ccccc5c5ccccc54)c3)cc2)n1-c1ccccc1. The van der Waals surface area contributed by atoms with E-state index < -0.39 is 0 Å². The Labute approximate surface area is 352 Å². The Hall–Kier alpha value is -7.60. The zero-order valence-corrected chi connectivity index (χ0v) is 33.8. The topological polar surface area (TPSA) is 35.6 Å². The van der Waals surface area contributed by atoms with Gasteiger partial charge in [0.15, 0.2) is 0 Å². The minimum atomic E-state index is 0.894. The highest BCUT2D eigenvalue weighted by molar-refractivity contribution is 7.24. The molecule has 5 heteroatoms. The van der Waals surface area contributed by atoms with Crippen LogP contribution in [0.15, 0.2) is 201 Å². The number of benzene rings is 7. The number of fused-ring (bicyclic) bond motifs is 6. The number of aryl methyl sites for hydroxylation is 1. The van der Waals surface area contributed by atoms with E-state index in [0.717, 1.165) is 72.8 Å². The van der Waals surface area contributed by atoms with E-state index in [4.69, 9.17) is 9.97 Å². The Kier molecular flexibility index (Phi) is 8.68. The molecule has 7 aromatic carbocycles. The summed E-state index contributed by atoms with van der Waals surface area (Å²) >= 11 is 1.85. The van der Waals surface area contributed by atoms with Crippen LogP contribution in [0.3, 0.4) is 0 Å². The molecule has 0 aliphatic rings. The lowest BCUT2D eigenvalue weighted by Gasteiger charge is -2.14. The molecule has 0 aliphatic heterocycles. The highest BCUT2D eigenvalue weighted by Crippen LogP contribution is 2.50. The number of aromatic nitrogens is 4. The monoisotopic (exact) mass is 786 g/mol. The van der Waals surface area contributed by atoms with Gasteiger partial charge in [0.1, 0.15) is 5.82 Å². The van der Waals surface area contributed by atoms with Crippen molar-refractivity contribution in [2.24, 2.45) is 0 Å². The van der Waals surface area contributed by atoms with E-state index in [9.17, 15) is 0 Å². The van der Waals surface area contributed by atoms with Crippen molar-refractivity contribution < 1.29 is 0 Å². The molecule has 11 rings (SSSR count). The molecule has 0 saturated heterocycles. The van der Waals surface area contributed by atoms with E-state index in [1.807, 2.05) is 23.5 Å². The van der Waals surface area contributed by atoms with Gasteiger partial charge in [0.2, 0.25) is 0 Å². The third-order valence-corrected chi connectivity index (χ3v) is 12.7. The van der Waals surface area contributed by atoms with Gasteiger partial charge in [-0.05, 0) is 66.6 Å². The third kappa shape index (κ3) is 5.82. The molecule has 0 atom stereocenters. The van der Waals surface area contributed by atoms with Crippen LogP contribution in [-0.4, -0.2) is 19.1 Å². The van der Waals surface area contributed by atoms with E-state index in [2.05, 4.69) is 205 Å². The summed E-state index contributed by atoms with van der Waals surface area (Å²) < 4.78 is 5.86. The molecule has 4 heterocycles. The van der Waals surface area contributed by atoms with Gasteiger partial charge < -0.3 is 4.57 Å². The first-order valence-corrected chi connectivity index (χ1v) is 21.0. The molecule has 0 fully saturated rings. The van der Waals surface area contributed by atoms with E-state index in [1.165, 1.54) is 36.9 Å². The van der Waals surface area contributed by atoms with Crippen LogP contribution in [0.2, 0.25) is 0 Å². The second kappa shape index (κ2) is 14.7. The van der Waals surface area contributed by atoms with Crippen molar-refractivity contribution in [3.8, 4) is 55.6 Å². The van der Waals surface area contributed by atoms with Crippen molar-refractivity contribution in [2.75, 3.05) is 0 Å². The van der Waals surface area contributed by atoms with Crippen molar-refractivity contribution in [1.29, 1.82) is 0 Å². The van der Waals surface area contributed by atoms with E-state index in [1.54, 1.807) is 6.08 Å². The van der Waals surface area contributed by atoms with Crippen LogP contribution < -0.4 is 0 Å². The van der Waals surface area contributed by atoms with Gasteiger partial charge >= 0.3 is 0 Å². The van der Waals surface area contributed by atoms with Crippen molar-refractivity contribution in [1.82, 2.24) is 19.1 Å². The summed E-state index contributed by atoms with van der Waals surface area (Å²) in [4.78, 5) is 11.8. The fourth-order valence-electron chi connectivity index (χ4n) is 8.77. The lowest BCUT2D eigenvalue weighted by molar-refractivity contribution is 1.05. The first kappa shape index (κ1) is 35.6. The summed E-state index contributed by atoms with van der Waals surface area (Å²) in [5.41, 5.74) is 14.1. The molecule has 0 N–H and O–H groups in total. The Morgan fingerprint density at radius 1 is 0.533 bits per heavy atom. The Bertz CT molecular complexity index is 3390. The Morgan fingerprint density at radius 3 is 1.85 bits per heavy atom. The van der Waals surface area contributed by atoms with Crippen LogP contribution in [0.5, 0.6) is 0 Å². The summed E-state index contributed by atoms with van der Waals surface area (Å²) in [6.45, 7) is 5.99. The molecule has 4 nitrogen and oxygen atoms in total. The first-order valence-electron chi connectivity index (χ1n) is 20.2. The summed E-state index contributed by atoms with van der Waals surface area (Å²) in [6, 6.07) is 65.0. The van der Waals surface area contributed by atoms with E-state index in [0.29, 0.717) is 0 Å².